The highest BCUT2D eigenvalue weighted by Crippen LogP contribution is 2.26. The molecular weight excluding hydrogens is 354 g/mol. The number of anilines is 1. The number of nitrogens with one attached hydrogen (secondary N) is 1. The monoisotopic (exact) mass is 377 g/mol. The number of aryl methyl sites for hydroxylation is 2. The third-order valence-corrected chi connectivity index (χ3v) is 5.10. The number of aromatic nitrogens is 1. The van der Waals surface area contributed by atoms with E-state index in [9.17, 15) is 9.90 Å². The maximum atomic E-state index is 12.5. The van der Waals surface area contributed by atoms with Crippen molar-refractivity contribution in [2.75, 3.05) is 12.4 Å². The smallest absolute Gasteiger partial charge is 0.246 e. The van der Waals surface area contributed by atoms with E-state index in [1.54, 1.807) is 30.3 Å². The van der Waals surface area contributed by atoms with Crippen LogP contribution in [0, 0.1) is 6.92 Å². The second-order valence-electron chi connectivity index (χ2n) is 7.15. The number of fused-ring (bicyclic) bond motifs is 2. The number of benzene rings is 1. The lowest BCUT2D eigenvalue weighted by atomic mass is 10.0. The minimum atomic E-state index is -0.543. The number of rotatable bonds is 4. The minimum Gasteiger partial charge on any atom is -0.459 e. The zero-order chi connectivity index (χ0) is 19.7. The summed E-state index contributed by atoms with van der Waals surface area (Å²) in [6.07, 6.45) is 5.88. The van der Waals surface area contributed by atoms with Crippen molar-refractivity contribution in [3.05, 3.63) is 65.1 Å². The van der Waals surface area contributed by atoms with Crippen molar-refractivity contribution in [1.82, 2.24) is 9.88 Å². The SMILES string of the molecule is Cc1c(CN(C)C(=O)/C=C/c2cnc3c(c2)CCC(O)N3)oc2ccccc12. The zero-order valence-electron chi connectivity index (χ0n) is 16.0. The van der Waals surface area contributed by atoms with Gasteiger partial charge in [-0.1, -0.05) is 18.2 Å². The van der Waals surface area contributed by atoms with Crippen LogP contribution in [0.3, 0.4) is 0 Å². The first kappa shape index (κ1) is 18.3. The van der Waals surface area contributed by atoms with Gasteiger partial charge in [0.1, 0.15) is 23.4 Å². The Morgan fingerprint density at radius 1 is 1.43 bits per heavy atom. The van der Waals surface area contributed by atoms with E-state index in [0.717, 1.165) is 39.8 Å². The summed E-state index contributed by atoms with van der Waals surface area (Å²) in [5.74, 6) is 1.40. The highest BCUT2D eigenvalue weighted by atomic mass is 16.3. The molecule has 144 valence electrons. The number of carbonyl (C=O) groups is 1. The topological polar surface area (TPSA) is 78.6 Å². The third-order valence-electron chi connectivity index (χ3n) is 5.10. The largest absolute Gasteiger partial charge is 0.459 e. The Kier molecular flexibility index (Phi) is 4.88. The Labute approximate surface area is 163 Å². The average molecular weight is 377 g/mol. The molecule has 1 aliphatic rings. The van der Waals surface area contributed by atoms with Gasteiger partial charge in [0.25, 0.3) is 0 Å². The number of hydrogen-bond donors (Lipinski definition) is 2. The molecule has 3 heterocycles. The quantitative estimate of drug-likeness (QED) is 0.681. The third kappa shape index (κ3) is 3.64. The fourth-order valence-electron chi connectivity index (χ4n) is 3.43. The van der Waals surface area contributed by atoms with Gasteiger partial charge in [-0.25, -0.2) is 4.98 Å². The summed E-state index contributed by atoms with van der Waals surface area (Å²) in [5.41, 5.74) is 3.81. The molecule has 1 unspecified atom stereocenters. The van der Waals surface area contributed by atoms with Gasteiger partial charge in [-0.05, 0) is 49.1 Å². The molecule has 2 aromatic heterocycles. The fourth-order valence-corrected chi connectivity index (χ4v) is 3.43. The Bertz CT molecular complexity index is 1050. The lowest BCUT2D eigenvalue weighted by Gasteiger charge is -2.22. The van der Waals surface area contributed by atoms with Crippen LogP contribution in [0.25, 0.3) is 17.0 Å². The van der Waals surface area contributed by atoms with Gasteiger partial charge in [-0.2, -0.15) is 0 Å². The number of hydrogen-bond acceptors (Lipinski definition) is 5. The number of para-hydroxylation sites is 1. The van der Waals surface area contributed by atoms with E-state index in [1.165, 1.54) is 0 Å². The lowest BCUT2D eigenvalue weighted by Crippen LogP contribution is -2.25. The Morgan fingerprint density at radius 2 is 2.25 bits per heavy atom. The molecule has 0 radical (unpaired) electrons. The first-order valence-electron chi connectivity index (χ1n) is 9.35. The summed E-state index contributed by atoms with van der Waals surface area (Å²) in [4.78, 5) is 18.5. The molecule has 0 aliphatic carbocycles. The highest BCUT2D eigenvalue weighted by Gasteiger charge is 2.17. The van der Waals surface area contributed by atoms with Crippen LogP contribution in [0.2, 0.25) is 0 Å². The average Bonchev–Trinajstić information content (AvgIpc) is 3.01. The molecule has 0 saturated heterocycles. The number of carbonyl (C=O) groups excluding carboxylic acids is 1. The van der Waals surface area contributed by atoms with Crippen molar-refractivity contribution >= 4 is 28.8 Å². The Hall–Kier alpha value is -3.12. The molecule has 28 heavy (non-hydrogen) atoms. The summed E-state index contributed by atoms with van der Waals surface area (Å²) < 4.78 is 5.90. The Balaban J connectivity index is 1.45. The summed E-state index contributed by atoms with van der Waals surface area (Å²) >= 11 is 0. The maximum Gasteiger partial charge on any atom is 0.246 e. The molecule has 1 aromatic carbocycles. The fraction of sp³-hybridized carbons (Fsp3) is 0.273. The molecule has 0 fully saturated rings. The van der Waals surface area contributed by atoms with Crippen molar-refractivity contribution in [3.8, 4) is 0 Å². The molecular formula is C22H23N3O3. The van der Waals surface area contributed by atoms with Crippen molar-refractivity contribution in [1.29, 1.82) is 0 Å². The van der Waals surface area contributed by atoms with Crippen LogP contribution in [-0.4, -0.2) is 34.2 Å². The van der Waals surface area contributed by atoms with E-state index in [4.69, 9.17) is 4.42 Å². The standard InChI is InChI=1S/C22H23N3O3/c1-14-17-5-3-4-6-18(17)28-19(14)13-25(2)21(27)10-7-15-11-16-8-9-20(26)24-22(16)23-12-15/h3-7,10-12,20,26H,8-9,13H2,1-2H3,(H,23,24)/b10-7+. The van der Waals surface area contributed by atoms with Gasteiger partial charge in [-0.3, -0.25) is 4.79 Å². The van der Waals surface area contributed by atoms with Crippen molar-refractivity contribution < 1.29 is 14.3 Å². The van der Waals surface area contributed by atoms with Crippen LogP contribution in [0.1, 0.15) is 28.9 Å². The zero-order valence-corrected chi connectivity index (χ0v) is 16.0. The molecule has 0 bridgehead atoms. The van der Waals surface area contributed by atoms with Gasteiger partial charge in [0.05, 0.1) is 6.54 Å². The van der Waals surface area contributed by atoms with Crippen molar-refractivity contribution in [2.45, 2.75) is 32.5 Å². The van der Waals surface area contributed by atoms with Gasteiger partial charge in [-0.15, -0.1) is 0 Å². The number of likely N-dealkylation sites (N-methyl/N-ethyl adjacent to an activating group) is 1. The van der Waals surface area contributed by atoms with E-state index in [0.29, 0.717) is 18.8 Å². The second-order valence-corrected chi connectivity index (χ2v) is 7.15. The van der Waals surface area contributed by atoms with Crippen molar-refractivity contribution in [3.63, 3.8) is 0 Å². The molecule has 1 atom stereocenters. The second kappa shape index (κ2) is 7.48. The number of pyridine rings is 1. The summed E-state index contributed by atoms with van der Waals surface area (Å²) in [5, 5.41) is 13.7. The Morgan fingerprint density at radius 3 is 3.07 bits per heavy atom. The molecule has 1 amide bonds. The van der Waals surface area contributed by atoms with Crippen LogP contribution >= 0.6 is 0 Å². The first-order valence-corrected chi connectivity index (χ1v) is 9.35. The lowest BCUT2D eigenvalue weighted by molar-refractivity contribution is -0.125. The predicted octanol–water partition coefficient (Wildman–Crippen LogP) is 3.48. The molecule has 2 N–H and O–H groups in total. The van der Waals surface area contributed by atoms with Gasteiger partial charge in [0, 0.05) is 30.3 Å². The predicted molar refractivity (Wildman–Crippen MR) is 109 cm³/mol. The normalized spacial score (nSPS) is 16.2. The van der Waals surface area contributed by atoms with E-state index >= 15 is 0 Å². The van der Waals surface area contributed by atoms with Crippen LogP contribution in [-0.2, 0) is 17.8 Å². The summed E-state index contributed by atoms with van der Waals surface area (Å²) in [6, 6.07) is 9.87. The number of nitrogens with zero attached hydrogens (tertiary/aromatic N) is 2. The minimum absolute atomic E-state index is 0.105. The van der Waals surface area contributed by atoms with Crippen LogP contribution in [0.4, 0.5) is 5.82 Å². The van der Waals surface area contributed by atoms with Crippen LogP contribution in [0.5, 0.6) is 0 Å². The summed E-state index contributed by atoms with van der Waals surface area (Å²) in [7, 11) is 1.76. The van der Waals surface area contributed by atoms with Gasteiger partial charge >= 0.3 is 0 Å². The molecule has 3 aromatic rings. The number of furan rings is 1. The van der Waals surface area contributed by atoms with E-state index in [-0.39, 0.29) is 5.91 Å². The number of aliphatic hydroxyl groups excluding tert-OH is 1. The number of aliphatic hydroxyl groups is 1. The molecule has 0 spiro atoms. The van der Waals surface area contributed by atoms with Crippen LogP contribution < -0.4 is 5.32 Å². The van der Waals surface area contributed by atoms with Crippen LogP contribution in [0.15, 0.2) is 47.0 Å². The van der Waals surface area contributed by atoms with Crippen molar-refractivity contribution in [2.24, 2.45) is 0 Å². The van der Waals surface area contributed by atoms with E-state index in [1.807, 2.05) is 37.3 Å². The molecule has 4 rings (SSSR count). The first-order chi connectivity index (χ1) is 13.5. The van der Waals surface area contributed by atoms with E-state index < -0.39 is 6.23 Å². The molecule has 6 nitrogen and oxygen atoms in total. The number of amides is 1. The highest BCUT2D eigenvalue weighted by molar-refractivity contribution is 5.91. The van der Waals surface area contributed by atoms with Gasteiger partial charge < -0.3 is 19.7 Å². The van der Waals surface area contributed by atoms with E-state index in [2.05, 4.69) is 10.3 Å². The molecule has 6 heteroatoms. The summed E-state index contributed by atoms with van der Waals surface area (Å²) in [6.45, 7) is 2.42. The maximum absolute atomic E-state index is 12.5. The van der Waals surface area contributed by atoms with Gasteiger partial charge in [0.2, 0.25) is 5.91 Å². The molecule has 1 aliphatic heterocycles. The molecule has 0 saturated carbocycles. The van der Waals surface area contributed by atoms with Gasteiger partial charge in [0.15, 0.2) is 0 Å².